The van der Waals surface area contributed by atoms with Gasteiger partial charge in [0.2, 0.25) is 5.91 Å². The number of ether oxygens (including phenoxy) is 1. The third kappa shape index (κ3) is 7.00. The van der Waals surface area contributed by atoms with E-state index in [4.69, 9.17) is 4.74 Å². The fourth-order valence-corrected chi connectivity index (χ4v) is 6.16. The van der Waals surface area contributed by atoms with Gasteiger partial charge in [-0.2, -0.15) is 0 Å². The molecule has 200 valence electrons. The van der Waals surface area contributed by atoms with E-state index in [1.165, 1.54) is 11.8 Å². The minimum absolute atomic E-state index is 0.0202. The molecule has 10 heteroatoms. The molecular formula is C29H27BrN4O3S2. The molecule has 5 rings (SSSR count). The molecule has 0 bridgehead atoms. The summed E-state index contributed by atoms with van der Waals surface area (Å²) >= 11 is 6.42. The Morgan fingerprint density at radius 1 is 1.03 bits per heavy atom. The molecule has 4 aromatic rings. The summed E-state index contributed by atoms with van der Waals surface area (Å²) in [5.74, 6) is 0.919. The quantitative estimate of drug-likeness (QED) is 0.233. The Hall–Kier alpha value is -3.34. The average Bonchev–Trinajstić information content (AvgIpc) is 3.46. The second-order valence-corrected chi connectivity index (χ2v) is 11.9. The first kappa shape index (κ1) is 27.2. The van der Waals surface area contributed by atoms with Crippen molar-refractivity contribution in [3.63, 3.8) is 0 Å². The van der Waals surface area contributed by atoms with Gasteiger partial charge in [-0.1, -0.05) is 45.9 Å². The topological polar surface area (TPSA) is 74.8 Å². The molecule has 3 aromatic carbocycles. The number of rotatable bonds is 8. The monoisotopic (exact) mass is 622 g/mol. The Morgan fingerprint density at radius 3 is 2.49 bits per heavy atom. The van der Waals surface area contributed by atoms with Crippen molar-refractivity contribution in [2.24, 2.45) is 0 Å². The molecule has 0 radical (unpaired) electrons. The SMILES string of the molecule is COc1cccc(C(=O)N2CCN(c3ccc(NC(=O)CSc4nc(-c5ccc(Br)cc5)cs4)cc3)CC2)c1. The number of benzene rings is 3. The number of methoxy groups -OCH3 is 1. The van der Waals surface area contributed by atoms with Gasteiger partial charge in [-0.25, -0.2) is 4.98 Å². The summed E-state index contributed by atoms with van der Waals surface area (Å²) in [5, 5.41) is 4.98. The number of thioether (sulfide) groups is 1. The lowest BCUT2D eigenvalue weighted by atomic mass is 10.1. The van der Waals surface area contributed by atoms with Crippen molar-refractivity contribution in [1.82, 2.24) is 9.88 Å². The molecule has 1 saturated heterocycles. The molecule has 1 aliphatic heterocycles. The average molecular weight is 624 g/mol. The number of amides is 2. The fraction of sp³-hybridized carbons (Fsp3) is 0.207. The number of halogens is 1. The maximum absolute atomic E-state index is 12.9. The van der Waals surface area contributed by atoms with Crippen molar-refractivity contribution in [2.45, 2.75) is 4.34 Å². The van der Waals surface area contributed by atoms with Crippen LogP contribution < -0.4 is 15.0 Å². The number of anilines is 2. The molecule has 1 aliphatic rings. The number of nitrogens with zero attached hydrogens (tertiary/aromatic N) is 3. The summed E-state index contributed by atoms with van der Waals surface area (Å²) in [6.07, 6.45) is 0. The molecule has 1 N–H and O–H groups in total. The van der Waals surface area contributed by atoms with E-state index in [0.29, 0.717) is 24.4 Å². The van der Waals surface area contributed by atoms with Crippen molar-refractivity contribution in [3.05, 3.63) is 88.2 Å². The van der Waals surface area contributed by atoms with Gasteiger partial charge in [0.1, 0.15) is 5.75 Å². The molecule has 0 saturated carbocycles. The van der Waals surface area contributed by atoms with Gasteiger partial charge >= 0.3 is 0 Å². The van der Waals surface area contributed by atoms with Gasteiger partial charge in [0.25, 0.3) is 5.91 Å². The van der Waals surface area contributed by atoms with Crippen LogP contribution in [0.25, 0.3) is 11.3 Å². The molecule has 2 amide bonds. The van der Waals surface area contributed by atoms with Crippen molar-refractivity contribution < 1.29 is 14.3 Å². The summed E-state index contributed by atoms with van der Waals surface area (Å²) in [5.41, 5.74) is 4.43. The van der Waals surface area contributed by atoms with Gasteiger partial charge < -0.3 is 19.9 Å². The molecule has 0 atom stereocenters. The molecule has 0 spiro atoms. The van der Waals surface area contributed by atoms with Crippen molar-refractivity contribution >= 4 is 62.2 Å². The lowest BCUT2D eigenvalue weighted by Crippen LogP contribution is -2.48. The number of carbonyl (C=O) groups excluding carboxylic acids is 2. The molecule has 0 aliphatic carbocycles. The number of carbonyl (C=O) groups is 2. The Bertz CT molecular complexity index is 1440. The minimum atomic E-state index is -0.0715. The Morgan fingerprint density at radius 2 is 1.77 bits per heavy atom. The van der Waals surface area contributed by atoms with Gasteiger partial charge in [-0.15, -0.1) is 11.3 Å². The predicted octanol–water partition coefficient (Wildman–Crippen LogP) is 6.27. The lowest BCUT2D eigenvalue weighted by molar-refractivity contribution is -0.113. The molecule has 1 aromatic heterocycles. The predicted molar refractivity (Wildman–Crippen MR) is 162 cm³/mol. The highest BCUT2D eigenvalue weighted by atomic mass is 79.9. The van der Waals surface area contributed by atoms with Gasteiger partial charge in [-0.05, 0) is 54.6 Å². The van der Waals surface area contributed by atoms with Gasteiger partial charge in [0.15, 0.2) is 4.34 Å². The summed E-state index contributed by atoms with van der Waals surface area (Å²) in [6.45, 7) is 2.78. The Balaban J connectivity index is 1.08. The zero-order valence-corrected chi connectivity index (χ0v) is 24.5. The Kier molecular flexibility index (Phi) is 8.85. The molecule has 7 nitrogen and oxygen atoms in total. The third-order valence-electron chi connectivity index (χ3n) is 6.35. The van der Waals surface area contributed by atoms with Crippen LogP contribution in [0.5, 0.6) is 5.75 Å². The van der Waals surface area contributed by atoms with Crippen molar-refractivity contribution in [3.8, 4) is 17.0 Å². The zero-order valence-electron chi connectivity index (χ0n) is 21.3. The standard InChI is InChI=1S/C29H27BrN4O3S2/c1-37-25-4-2-3-21(17-25)28(36)34-15-13-33(14-16-34)24-11-9-23(10-12-24)31-27(35)19-39-29-32-26(18-38-29)20-5-7-22(30)8-6-20/h2-12,17-18H,13-16,19H2,1H3,(H,31,35). The second kappa shape index (κ2) is 12.7. The highest BCUT2D eigenvalue weighted by molar-refractivity contribution is 9.10. The fourth-order valence-electron chi connectivity index (χ4n) is 4.26. The molecular weight excluding hydrogens is 596 g/mol. The highest BCUT2D eigenvalue weighted by Crippen LogP contribution is 2.29. The van der Waals surface area contributed by atoms with Gasteiger partial charge in [0, 0.05) is 58.5 Å². The zero-order chi connectivity index (χ0) is 27.2. The van der Waals surface area contributed by atoms with E-state index < -0.39 is 0 Å². The smallest absolute Gasteiger partial charge is 0.254 e. The number of hydrogen-bond acceptors (Lipinski definition) is 7. The lowest BCUT2D eigenvalue weighted by Gasteiger charge is -2.36. The van der Waals surface area contributed by atoms with Gasteiger partial charge in [-0.3, -0.25) is 9.59 Å². The normalized spacial score (nSPS) is 13.3. The van der Waals surface area contributed by atoms with Gasteiger partial charge in [0.05, 0.1) is 18.6 Å². The van der Waals surface area contributed by atoms with Crippen molar-refractivity contribution in [2.75, 3.05) is 49.3 Å². The summed E-state index contributed by atoms with van der Waals surface area (Å²) in [6, 6.07) is 23.1. The van der Waals surface area contributed by atoms with Crippen LogP contribution >= 0.6 is 39.0 Å². The first-order valence-corrected chi connectivity index (χ1v) is 15.1. The first-order valence-electron chi connectivity index (χ1n) is 12.4. The molecule has 1 fully saturated rings. The van der Waals surface area contributed by atoms with E-state index >= 15 is 0 Å². The van der Waals surface area contributed by atoms with E-state index in [0.717, 1.165) is 44.5 Å². The van der Waals surface area contributed by atoms with Crippen LogP contribution in [-0.4, -0.2) is 60.7 Å². The highest BCUT2D eigenvalue weighted by Gasteiger charge is 2.22. The third-order valence-corrected chi connectivity index (χ3v) is 8.90. The van der Waals surface area contributed by atoms with E-state index in [1.807, 2.05) is 77.0 Å². The summed E-state index contributed by atoms with van der Waals surface area (Å²) < 4.78 is 7.14. The summed E-state index contributed by atoms with van der Waals surface area (Å²) in [4.78, 5) is 34.2. The number of piperazine rings is 1. The van der Waals surface area contributed by atoms with E-state index in [2.05, 4.69) is 31.1 Å². The molecule has 0 unspecified atom stereocenters. The maximum atomic E-state index is 12.9. The largest absolute Gasteiger partial charge is 0.497 e. The van der Waals surface area contributed by atoms with Crippen LogP contribution in [0, 0.1) is 0 Å². The number of aromatic nitrogens is 1. The number of nitrogens with one attached hydrogen (secondary N) is 1. The van der Waals surface area contributed by atoms with Crippen LogP contribution in [0.3, 0.4) is 0 Å². The molecule has 39 heavy (non-hydrogen) atoms. The second-order valence-electron chi connectivity index (χ2n) is 8.90. The minimum Gasteiger partial charge on any atom is -0.497 e. The van der Waals surface area contributed by atoms with Crippen LogP contribution in [0.1, 0.15) is 10.4 Å². The molecule has 2 heterocycles. The van der Waals surface area contributed by atoms with E-state index in [-0.39, 0.29) is 17.6 Å². The first-order chi connectivity index (χ1) is 19.0. The van der Waals surface area contributed by atoms with Crippen LogP contribution in [0.15, 0.2) is 87.0 Å². The van der Waals surface area contributed by atoms with Crippen LogP contribution in [0.4, 0.5) is 11.4 Å². The van der Waals surface area contributed by atoms with E-state index in [9.17, 15) is 9.59 Å². The van der Waals surface area contributed by atoms with Crippen LogP contribution in [-0.2, 0) is 4.79 Å². The van der Waals surface area contributed by atoms with Crippen molar-refractivity contribution in [1.29, 1.82) is 0 Å². The maximum Gasteiger partial charge on any atom is 0.254 e. The van der Waals surface area contributed by atoms with Crippen LogP contribution in [0.2, 0.25) is 0 Å². The Labute approximate surface area is 244 Å². The summed E-state index contributed by atoms with van der Waals surface area (Å²) in [7, 11) is 1.60. The van der Waals surface area contributed by atoms with E-state index in [1.54, 1.807) is 24.5 Å². The number of thiazole rings is 1. The number of hydrogen-bond donors (Lipinski definition) is 1.